The van der Waals surface area contributed by atoms with Crippen LogP contribution in [0.2, 0.25) is 0 Å². The highest BCUT2D eigenvalue weighted by molar-refractivity contribution is 5.83. The minimum atomic E-state index is -0.372. The molecule has 1 fully saturated rings. The van der Waals surface area contributed by atoms with Crippen LogP contribution in [-0.2, 0) is 20.9 Å². The van der Waals surface area contributed by atoms with Gasteiger partial charge in [0.25, 0.3) is 0 Å². The van der Waals surface area contributed by atoms with E-state index in [-0.39, 0.29) is 31.1 Å². The monoisotopic (exact) mass is 319 g/mol. The Morgan fingerprint density at radius 2 is 1.65 bits per heavy atom. The van der Waals surface area contributed by atoms with E-state index in [0.29, 0.717) is 26.2 Å². The SMILES string of the molecule is CC(=O)NCC(=O)N1CCN(C(=O)OCc2ccccc2)CC1. The van der Waals surface area contributed by atoms with Gasteiger partial charge in [0.15, 0.2) is 0 Å². The van der Waals surface area contributed by atoms with Gasteiger partial charge in [-0.05, 0) is 5.56 Å². The largest absolute Gasteiger partial charge is 0.445 e. The minimum absolute atomic E-state index is 0.00616. The summed E-state index contributed by atoms with van der Waals surface area (Å²) in [4.78, 5) is 37.9. The lowest BCUT2D eigenvalue weighted by Gasteiger charge is -2.34. The van der Waals surface area contributed by atoms with Gasteiger partial charge >= 0.3 is 6.09 Å². The molecule has 0 aromatic heterocycles. The van der Waals surface area contributed by atoms with E-state index < -0.39 is 0 Å². The van der Waals surface area contributed by atoms with Crippen LogP contribution in [0, 0.1) is 0 Å². The van der Waals surface area contributed by atoms with Crippen molar-refractivity contribution in [2.75, 3.05) is 32.7 Å². The number of benzene rings is 1. The normalized spacial score (nSPS) is 14.3. The second-order valence-electron chi connectivity index (χ2n) is 5.32. The highest BCUT2D eigenvalue weighted by Crippen LogP contribution is 2.07. The number of carbonyl (C=O) groups is 3. The average molecular weight is 319 g/mol. The number of hydrogen-bond acceptors (Lipinski definition) is 4. The van der Waals surface area contributed by atoms with Crippen molar-refractivity contribution in [2.45, 2.75) is 13.5 Å². The van der Waals surface area contributed by atoms with Gasteiger partial charge in [0.2, 0.25) is 11.8 Å². The van der Waals surface area contributed by atoms with Crippen LogP contribution >= 0.6 is 0 Å². The summed E-state index contributed by atoms with van der Waals surface area (Å²) >= 11 is 0. The Morgan fingerprint density at radius 1 is 1.04 bits per heavy atom. The summed E-state index contributed by atoms with van der Waals surface area (Å²) in [5.74, 6) is -0.376. The first-order valence-electron chi connectivity index (χ1n) is 7.54. The van der Waals surface area contributed by atoms with Crippen LogP contribution < -0.4 is 5.32 Å². The number of nitrogens with zero attached hydrogens (tertiary/aromatic N) is 2. The van der Waals surface area contributed by atoms with Gasteiger partial charge in [-0.1, -0.05) is 30.3 Å². The molecule has 0 bridgehead atoms. The molecule has 0 aliphatic carbocycles. The fourth-order valence-electron chi connectivity index (χ4n) is 2.26. The standard InChI is InChI=1S/C16H21N3O4/c1-13(20)17-11-15(21)18-7-9-19(10-8-18)16(22)23-12-14-5-3-2-4-6-14/h2-6H,7-12H2,1H3,(H,17,20). The number of piperazine rings is 1. The molecule has 0 radical (unpaired) electrons. The van der Waals surface area contributed by atoms with Gasteiger partial charge in [0.1, 0.15) is 6.61 Å². The zero-order valence-corrected chi connectivity index (χ0v) is 13.2. The van der Waals surface area contributed by atoms with Gasteiger partial charge in [-0.2, -0.15) is 0 Å². The Balaban J connectivity index is 1.72. The molecular weight excluding hydrogens is 298 g/mol. The molecule has 1 saturated heterocycles. The third-order valence-corrected chi connectivity index (χ3v) is 3.58. The quantitative estimate of drug-likeness (QED) is 0.881. The first-order valence-corrected chi connectivity index (χ1v) is 7.54. The highest BCUT2D eigenvalue weighted by Gasteiger charge is 2.24. The van der Waals surface area contributed by atoms with E-state index >= 15 is 0 Å². The van der Waals surface area contributed by atoms with E-state index in [1.54, 1.807) is 9.80 Å². The molecule has 0 unspecified atom stereocenters. The Morgan fingerprint density at radius 3 is 2.26 bits per heavy atom. The van der Waals surface area contributed by atoms with Gasteiger partial charge in [-0.3, -0.25) is 9.59 Å². The molecule has 0 saturated carbocycles. The first kappa shape index (κ1) is 16.8. The zero-order chi connectivity index (χ0) is 16.7. The summed E-state index contributed by atoms with van der Waals surface area (Å²) < 4.78 is 5.27. The average Bonchev–Trinajstić information content (AvgIpc) is 2.58. The lowest BCUT2D eigenvalue weighted by Crippen LogP contribution is -2.52. The maximum absolute atomic E-state index is 12.0. The van der Waals surface area contributed by atoms with Crippen molar-refractivity contribution in [1.82, 2.24) is 15.1 Å². The second-order valence-corrected chi connectivity index (χ2v) is 5.32. The van der Waals surface area contributed by atoms with E-state index in [4.69, 9.17) is 4.74 Å². The molecule has 1 aromatic rings. The van der Waals surface area contributed by atoms with Gasteiger partial charge in [-0.25, -0.2) is 4.79 Å². The molecule has 3 amide bonds. The molecule has 1 aliphatic rings. The van der Waals surface area contributed by atoms with Crippen LogP contribution in [0.5, 0.6) is 0 Å². The highest BCUT2D eigenvalue weighted by atomic mass is 16.6. The fourth-order valence-corrected chi connectivity index (χ4v) is 2.26. The van der Waals surface area contributed by atoms with E-state index in [1.807, 2.05) is 30.3 Å². The molecule has 7 nitrogen and oxygen atoms in total. The Labute approximate surface area is 135 Å². The van der Waals surface area contributed by atoms with Gasteiger partial charge < -0.3 is 19.9 Å². The smallest absolute Gasteiger partial charge is 0.410 e. The van der Waals surface area contributed by atoms with Crippen molar-refractivity contribution < 1.29 is 19.1 Å². The molecule has 0 spiro atoms. The van der Waals surface area contributed by atoms with E-state index in [9.17, 15) is 14.4 Å². The maximum Gasteiger partial charge on any atom is 0.410 e. The minimum Gasteiger partial charge on any atom is -0.445 e. The van der Waals surface area contributed by atoms with Crippen molar-refractivity contribution in [3.05, 3.63) is 35.9 Å². The van der Waals surface area contributed by atoms with E-state index in [0.717, 1.165) is 5.56 Å². The van der Waals surface area contributed by atoms with E-state index in [2.05, 4.69) is 5.32 Å². The Hall–Kier alpha value is -2.57. The first-order chi connectivity index (χ1) is 11.1. The third-order valence-electron chi connectivity index (χ3n) is 3.58. The third kappa shape index (κ3) is 5.28. The number of amides is 3. The van der Waals surface area contributed by atoms with Crippen LogP contribution in [0.15, 0.2) is 30.3 Å². The molecule has 1 heterocycles. The summed E-state index contributed by atoms with van der Waals surface area (Å²) in [6.45, 7) is 3.35. The van der Waals surface area contributed by atoms with Crippen LogP contribution in [0.25, 0.3) is 0 Å². The van der Waals surface area contributed by atoms with Crippen molar-refractivity contribution in [2.24, 2.45) is 0 Å². The second kappa shape index (κ2) is 8.17. The van der Waals surface area contributed by atoms with Gasteiger partial charge in [0.05, 0.1) is 6.54 Å². The molecule has 124 valence electrons. The summed E-state index contributed by atoms with van der Waals surface area (Å²) in [5.41, 5.74) is 0.935. The lowest BCUT2D eigenvalue weighted by atomic mass is 10.2. The number of nitrogens with one attached hydrogen (secondary N) is 1. The molecule has 1 aromatic carbocycles. The van der Waals surface area contributed by atoms with Crippen molar-refractivity contribution in [3.8, 4) is 0 Å². The van der Waals surface area contributed by atoms with Crippen molar-refractivity contribution in [3.63, 3.8) is 0 Å². The topological polar surface area (TPSA) is 79.0 Å². The Bertz CT molecular complexity index is 554. The number of ether oxygens (including phenoxy) is 1. The predicted molar refractivity (Wildman–Crippen MR) is 83.5 cm³/mol. The summed E-state index contributed by atoms with van der Waals surface area (Å²) in [6, 6.07) is 9.48. The summed E-state index contributed by atoms with van der Waals surface area (Å²) in [7, 11) is 0. The van der Waals surface area contributed by atoms with Crippen LogP contribution in [0.3, 0.4) is 0 Å². The van der Waals surface area contributed by atoms with Crippen LogP contribution in [0.1, 0.15) is 12.5 Å². The van der Waals surface area contributed by atoms with Crippen molar-refractivity contribution >= 4 is 17.9 Å². The molecule has 2 rings (SSSR count). The van der Waals surface area contributed by atoms with Crippen molar-refractivity contribution in [1.29, 1.82) is 0 Å². The predicted octanol–water partition coefficient (Wildman–Crippen LogP) is 0.603. The van der Waals surface area contributed by atoms with Gasteiger partial charge in [-0.15, -0.1) is 0 Å². The lowest BCUT2D eigenvalue weighted by molar-refractivity contribution is -0.133. The number of rotatable bonds is 4. The van der Waals surface area contributed by atoms with Gasteiger partial charge in [0, 0.05) is 33.1 Å². The zero-order valence-electron chi connectivity index (χ0n) is 13.2. The summed E-state index contributed by atoms with van der Waals surface area (Å²) in [6.07, 6.45) is -0.372. The molecule has 1 N–H and O–H groups in total. The maximum atomic E-state index is 12.0. The van der Waals surface area contributed by atoms with Crippen LogP contribution in [0.4, 0.5) is 4.79 Å². The van der Waals surface area contributed by atoms with E-state index in [1.165, 1.54) is 6.92 Å². The number of hydrogen-bond donors (Lipinski definition) is 1. The molecule has 23 heavy (non-hydrogen) atoms. The molecular formula is C16H21N3O4. The number of carbonyl (C=O) groups excluding carboxylic acids is 3. The molecule has 7 heteroatoms. The fraction of sp³-hybridized carbons (Fsp3) is 0.438. The molecule has 1 aliphatic heterocycles. The summed E-state index contributed by atoms with van der Waals surface area (Å²) in [5, 5.41) is 2.48. The van der Waals surface area contributed by atoms with Crippen LogP contribution in [-0.4, -0.2) is 60.4 Å². The Kier molecular flexibility index (Phi) is 5.96. The molecule has 0 atom stereocenters.